The summed E-state index contributed by atoms with van der Waals surface area (Å²) in [5.41, 5.74) is 1.44. The van der Waals surface area contributed by atoms with Gasteiger partial charge in [-0.2, -0.15) is 0 Å². The molecule has 0 bridgehead atoms. The van der Waals surface area contributed by atoms with Gasteiger partial charge in [-0.1, -0.05) is 31.2 Å². The van der Waals surface area contributed by atoms with Gasteiger partial charge in [-0.3, -0.25) is 4.79 Å². The summed E-state index contributed by atoms with van der Waals surface area (Å²) in [5, 5.41) is 2.76. The van der Waals surface area contributed by atoms with Gasteiger partial charge in [-0.25, -0.2) is 13.1 Å². The molecular formula is C20H24N2O4S. The van der Waals surface area contributed by atoms with Gasteiger partial charge in [0, 0.05) is 12.2 Å². The highest BCUT2D eigenvalue weighted by Crippen LogP contribution is 2.20. The first-order valence-corrected chi connectivity index (χ1v) is 10.1. The van der Waals surface area contributed by atoms with Crippen LogP contribution in [0.3, 0.4) is 0 Å². The smallest absolute Gasteiger partial charge is 0.265 e. The van der Waals surface area contributed by atoms with Crippen molar-refractivity contribution in [2.45, 2.75) is 31.3 Å². The fourth-order valence-corrected chi connectivity index (χ4v) is 3.35. The minimum absolute atomic E-state index is 0.116. The molecule has 0 saturated heterocycles. The molecule has 2 aromatic rings. The quantitative estimate of drug-likeness (QED) is 0.646. The maximum absolute atomic E-state index is 12.5. The van der Waals surface area contributed by atoms with E-state index in [-0.39, 0.29) is 17.3 Å². The number of carbonyl (C=O) groups excluding carboxylic acids is 1. The van der Waals surface area contributed by atoms with Crippen LogP contribution in [0.15, 0.2) is 66.1 Å². The number of nitrogens with one attached hydrogen (secondary N) is 2. The van der Waals surface area contributed by atoms with Crippen molar-refractivity contribution in [1.29, 1.82) is 0 Å². The molecule has 0 heterocycles. The average molecular weight is 388 g/mol. The Morgan fingerprint density at radius 1 is 1.19 bits per heavy atom. The molecule has 2 aromatic carbocycles. The third-order valence-electron chi connectivity index (χ3n) is 3.88. The maximum atomic E-state index is 12.5. The lowest BCUT2D eigenvalue weighted by molar-refractivity contribution is -0.122. The van der Waals surface area contributed by atoms with Crippen molar-refractivity contribution in [1.82, 2.24) is 4.72 Å². The minimum atomic E-state index is -3.59. The molecule has 0 fully saturated rings. The molecule has 6 nitrogen and oxygen atoms in total. The van der Waals surface area contributed by atoms with Gasteiger partial charge in [-0.15, -0.1) is 6.58 Å². The third kappa shape index (κ3) is 5.67. The highest BCUT2D eigenvalue weighted by Gasteiger charge is 2.20. The number of amides is 1. The van der Waals surface area contributed by atoms with Crippen LogP contribution >= 0.6 is 0 Å². The molecule has 0 aliphatic rings. The van der Waals surface area contributed by atoms with Crippen molar-refractivity contribution < 1.29 is 17.9 Å². The van der Waals surface area contributed by atoms with E-state index in [0.717, 1.165) is 5.56 Å². The van der Waals surface area contributed by atoms with Crippen LogP contribution in [0.2, 0.25) is 0 Å². The van der Waals surface area contributed by atoms with Crippen LogP contribution in [0, 0.1) is 6.92 Å². The van der Waals surface area contributed by atoms with Crippen molar-refractivity contribution >= 4 is 21.6 Å². The Morgan fingerprint density at radius 3 is 2.44 bits per heavy atom. The number of para-hydroxylation sites is 1. The van der Waals surface area contributed by atoms with E-state index >= 15 is 0 Å². The van der Waals surface area contributed by atoms with Crippen molar-refractivity contribution in [3.05, 3.63) is 66.7 Å². The SMILES string of the molecule is C=CCNS(=O)(=O)c1ccc(NC(=O)C(CC)Oc2ccccc2C)cc1. The predicted octanol–water partition coefficient (Wildman–Crippen LogP) is 3.26. The van der Waals surface area contributed by atoms with Crippen LogP contribution in [0.25, 0.3) is 0 Å². The lowest BCUT2D eigenvalue weighted by atomic mass is 10.2. The number of ether oxygens (including phenoxy) is 1. The number of sulfonamides is 1. The normalized spacial score (nSPS) is 12.2. The number of carbonyl (C=O) groups is 1. The Kier molecular flexibility index (Phi) is 7.15. The molecule has 7 heteroatoms. The Labute approximate surface area is 160 Å². The van der Waals surface area contributed by atoms with E-state index in [9.17, 15) is 13.2 Å². The predicted molar refractivity (Wildman–Crippen MR) is 106 cm³/mol. The molecule has 0 aliphatic carbocycles. The molecule has 0 radical (unpaired) electrons. The summed E-state index contributed by atoms with van der Waals surface area (Å²) >= 11 is 0. The molecule has 1 amide bonds. The Balaban J connectivity index is 2.06. The van der Waals surface area contributed by atoms with Crippen LogP contribution in [0.4, 0.5) is 5.69 Å². The standard InChI is InChI=1S/C20H24N2O4S/c1-4-14-21-27(24,25)17-12-10-16(11-13-17)22-20(23)18(5-2)26-19-9-7-6-8-15(19)3/h4,6-13,18,21H,1,5,14H2,2-3H3,(H,22,23). The van der Waals surface area contributed by atoms with Gasteiger partial charge in [0.25, 0.3) is 5.91 Å². The Morgan fingerprint density at radius 2 is 1.85 bits per heavy atom. The summed E-state index contributed by atoms with van der Waals surface area (Å²) in [5.74, 6) is 0.371. The van der Waals surface area contributed by atoms with Crippen LogP contribution < -0.4 is 14.8 Å². The summed E-state index contributed by atoms with van der Waals surface area (Å²) in [6, 6.07) is 13.5. The third-order valence-corrected chi connectivity index (χ3v) is 5.32. The van der Waals surface area contributed by atoms with E-state index in [1.165, 1.54) is 18.2 Å². The number of hydrogen-bond donors (Lipinski definition) is 2. The largest absolute Gasteiger partial charge is 0.480 e. The van der Waals surface area contributed by atoms with E-state index in [1.807, 2.05) is 38.1 Å². The molecule has 144 valence electrons. The van der Waals surface area contributed by atoms with Crippen molar-refractivity contribution in [3.8, 4) is 5.75 Å². The zero-order chi connectivity index (χ0) is 19.9. The number of benzene rings is 2. The lowest BCUT2D eigenvalue weighted by Gasteiger charge is -2.18. The van der Waals surface area contributed by atoms with E-state index in [4.69, 9.17) is 4.74 Å². The van der Waals surface area contributed by atoms with Crippen LogP contribution in [-0.2, 0) is 14.8 Å². The van der Waals surface area contributed by atoms with E-state index in [1.54, 1.807) is 12.1 Å². The number of hydrogen-bond acceptors (Lipinski definition) is 4. The van der Waals surface area contributed by atoms with Crippen molar-refractivity contribution in [2.75, 3.05) is 11.9 Å². The molecule has 0 spiro atoms. The van der Waals surface area contributed by atoms with Crippen LogP contribution in [-0.4, -0.2) is 27.0 Å². The second kappa shape index (κ2) is 9.34. The number of rotatable bonds is 9. The van der Waals surface area contributed by atoms with E-state index in [0.29, 0.717) is 17.9 Å². The fraction of sp³-hybridized carbons (Fsp3) is 0.250. The number of anilines is 1. The Hall–Kier alpha value is -2.64. The molecule has 0 aliphatic heterocycles. The molecular weight excluding hydrogens is 364 g/mol. The van der Waals surface area contributed by atoms with Gasteiger partial charge in [0.15, 0.2) is 6.10 Å². The van der Waals surface area contributed by atoms with Crippen LogP contribution in [0.1, 0.15) is 18.9 Å². The highest BCUT2D eigenvalue weighted by molar-refractivity contribution is 7.89. The fourth-order valence-electron chi connectivity index (χ4n) is 2.36. The summed E-state index contributed by atoms with van der Waals surface area (Å²) < 4.78 is 32.3. The molecule has 0 aromatic heterocycles. The van der Waals surface area contributed by atoms with Crippen molar-refractivity contribution in [2.24, 2.45) is 0 Å². The molecule has 1 atom stereocenters. The summed E-state index contributed by atoms with van der Waals surface area (Å²) in [7, 11) is -3.59. The van der Waals surface area contributed by atoms with Crippen LogP contribution in [0.5, 0.6) is 5.75 Å². The van der Waals surface area contributed by atoms with Crippen molar-refractivity contribution in [3.63, 3.8) is 0 Å². The first kappa shape index (κ1) is 20.7. The molecule has 27 heavy (non-hydrogen) atoms. The Bertz CT molecular complexity index is 892. The molecule has 1 unspecified atom stereocenters. The minimum Gasteiger partial charge on any atom is -0.480 e. The molecule has 2 rings (SSSR count). The van der Waals surface area contributed by atoms with Gasteiger partial charge in [0.2, 0.25) is 10.0 Å². The first-order valence-electron chi connectivity index (χ1n) is 8.61. The highest BCUT2D eigenvalue weighted by atomic mass is 32.2. The van der Waals surface area contributed by atoms with Gasteiger partial charge in [-0.05, 0) is 49.2 Å². The zero-order valence-corrected chi connectivity index (χ0v) is 16.3. The second-order valence-electron chi connectivity index (χ2n) is 5.93. The number of aryl methyl sites for hydroxylation is 1. The maximum Gasteiger partial charge on any atom is 0.265 e. The lowest BCUT2D eigenvalue weighted by Crippen LogP contribution is -2.32. The van der Waals surface area contributed by atoms with E-state index < -0.39 is 16.1 Å². The van der Waals surface area contributed by atoms with E-state index in [2.05, 4.69) is 16.6 Å². The first-order chi connectivity index (χ1) is 12.9. The van der Waals surface area contributed by atoms with Gasteiger partial charge in [0.05, 0.1) is 4.90 Å². The summed E-state index contributed by atoms with van der Waals surface area (Å²) in [4.78, 5) is 12.6. The zero-order valence-electron chi connectivity index (χ0n) is 15.4. The molecule has 2 N–H and O–H groups in total. The molecule has 0 saturated carbocycles. The van der Waals surface area contributed by atoms with Gasteiger partial charge >= 0.3 is 0 Å². The van der Waals surface area contributed by atoms with Gasteiger partial charge < -0.3 is 10.1 Å². The monoisotopic (exact) mass is 388 g/mol. The summed E-state index contributed by atoms with van der Waals surface area (Å²) in [6.07, 6.45) is 1.31. The second-order valence-corrected chi connectivity index (χ2v) is 7.70. The topological polar surface area (TPSA) is 84.5 Å². The van der Waals surface area contributed by atoms with Gasteiger partial charge in [0.1, 0.15) is 5.75 Å². The average Bonchev–Trinajstić information content (AvgIpc) is 2.66. The summed E-state index contributed by atoms with van der Waals surface area (Å²) in [6.45, 7) is 7.41.